The fourth-order valence-corrected chi connectivity index (χ4v) is 2.62. The summed E-state index contributed by atoms with van der Waals surface area (Å²) in [6, 6.07) is 0.360. The van der Waals surface area contributed by atoms with Crippen LogP contribution in [0.25, 0.3) is 0 Å². The van der Waals surface area contributed by atoms with E-state index < -0.39 is 0 Å². The van der Waals surface area contributed by atoms with Crippen molar-refractivity contribution in [2.24, 2.45) is 0 Å². The van der Waals surface area contributed by atoms with Crippen LogP contribution in [0.2, 0.25) is 0 Å². The third-order valence-corrected chi connectivity index (χ3v) is 4.01. The zero-order chi connectivity index (χ0) is 10.7. The average Bonchev–Trinajstić information content (AvgIpc) is 2.84. The molecule has 0 fully saturated rings. The fourth-order valence-electron chi connectivity index (χ4n) is 1.26. The molecule has 5 heteroatoms. The molecule has 3 nitrogen and oxygen atoms in total. The van der Waals surface area contributed by atoms with Crippen LogP contribution in [0.15, 0.2) is 17.9 Å². The van der Waals surface area contributed by atoms with Crippen molar-refractivity contribution in [3.05, 3.63) is 32.7 Å². The van der Waals surface area contributed by atoms with Crippen LogP contribution in [-0.2, 0) is 6.54 Å². The van der Waals surface area contributed by atoms with E-state index in [0.29, 0.717) is 6.04 Å². The van der Waals surface area contributed by atoms with Gasteiger partial charge in [0.2, 0.25) is 0 Å². The summed E-state index contributed by atoms with van der Waals surface area (Å²) in [5.74, 6) is 0. The second kappa shape index (κ2) is 4.83. The number of hydrogen-bond donors (Lipinski definition) is 1. The Labute approximate surface area is 97.2 Å². The van der Waals surface area contributed by atoms with E-state index in [4.69, 9.17) is 0 Å². The summed E-state index contributed by atoms with van der Waals surface area (Å²) < 4.78 is 0. The lowest BCUT2D eigenvalue weighted by molar-refractivity contribution is 0.586. The summed E-state index contributed by atoms with van der Waals surface area (Å²) in [5, 5.41) is 4.58. The molecule has 2 heterocycles. The molecule has 0 aromatic carbocycles. The molecular weight excluding hydrogens is 226 g/mol. The standard InChI is InChI=1S/C10H13N3S2/c1-7(10-5-13-8(2)15-10)12-4-9-3-11-6-14-9/h3,5-7,12H,4H2,1-2H3. The van der Waals surface area contributed by atoms with Crippen LogP contribution in [0.1, 0.15) is 27.7 Å². The highest BCUT2D eigenvalue weighted by molar-refractivity contribution is 7.11. The average molecular weight is 239 g/mol. The second-order valence-corrected chi connectivity index (χ2v) is 5.59. The van der Waals surface area contributed by atoms with E-state index in [0.717, 1.165) is 11.6 Å². The van der Waals surface area contributed by atoms with Crippen molar-refractivity contribution >= 4 is 22.7 Å². The molecule has 0 radical (unpaired) electrons. The van der Waals surface area contributed by atoms with E-state index in [1.54, 1.807) is 22.7 Å². The Morgan fingerprint density at radius 2 is 2.33 bits per heavy atom. The molecule has 80 valence electrons. The molecule has 1 unspecified atom stereocenters. The number of aromatic nitrogens is 2. The van der Waals surface area contributed by atoms with Crippen LogP contribution < -0.4 is 5.32 Å². The van der Waals surface area contributed by atoms with Crippen LogP contribution in [0, 0.1) is 6.92 Å². The highest BCUT2D eigenvalue weighted by Gasteiger charge is 2.07. The maximum atomic E-state index is 4.25. The van der Waals surface area contributed by atoms with Crippen molar-refractivity contribution in [2.75, 3.05) is 0 Å². The van der Waals surface area contributed by atoms with Crippen LogP contribution in [0.4, 0.5) is 0 Å². The van der Waals surface area contributed by atoms with E-state index >= 15 is 0 Å². The monoisotopic (exact) mass is 239 g/mol. The van der Waals surface area contributed by atoms with E-state index in [1.807, 2.05) is 24.8 Å². The van der Waals surface area contributed by atoms with Crippen LogP contribution >= 0.6 is 22.7 Å². The predicted molar refractivity (Wildman–Crippen MR) is 64.2 cm³/mol. The minimum absolute atomic E-state index is 0.360. The molecule has 0 saturated heterocycles. The van der Waals surface area contributed by atoms with Crippen molar-refractivity contribution < 1.29 is 0 Å². The van der Waals surface area contributed by atoms with E-state index in [2.05, 4.69) is 22.2 Å². The molecule has 0 aliphatic rings. The Morgan fingerprint density at radius 3 is 2.93 bits per heavy atom. The van der Waals surface area contributed by atoms with E-state index in [1.165, 1.54) is 9.75 Å². The van der Waals surface area contributed by atoms with Gasteiger partial charge in [-0.2, -0.15) is 0 Å². The van der Waals surface area contributed by atoms with E-state index in [-0.39, 0.29) is 0 Å². The zero-order valence-corrected chi connectivity index (χ0v) is 10.4. The summed E-state index contributed by atoms with van der Waals surface area (Å²) >= 11 is 3.43. The minimum atomic E-state index is 0.360. The summed E-state index contributed by atoms with van der Waals surface area (Å²) in [6.07, 6.45) is 3.85. The molecule has 2 aromatic heterocycles. The predicted octanol–water partition coefficient (Wildman–Crippen LogP) is 2.76. The van der Waals surface area contributed by atoms with Gasteiger partial charge in [-0.3, -0.25) is 4.98 Å². The van der Waals surface area contributed by atoms with Gasteiger partial charge in [0.25, 0.3) is 0 Å². The second-order valence-electron chi connectivity index (χ2n) is 3.35. The summed E-state index contributed by atoms with van der Waals surface area (Å²) in [4.78, 5) is 10.9. The van der Waals surface area contributed by atoms with Gasteiger partial charge in [0.05, 0.1) is 10.5 Å². The van der Waals surface area contributed by atoms with Gasteiger partial charge in [-0.1, -0.05) is 0 Å². The maximum Gasteiger partial charge on any atom is 0.0897 e. The molecule has 0 spiro atoms. The number of nitrogens with zero attached hydrogens (tertiary/aromatic N) is 2. The fraction of sp³-hybridized carbons (Fsp3) is 0.400. The topological polar surface area (TPSA) is 37.8 Å². The molecule has 15 heavy (non-hydrogen) atoms. The molecule has 0 aliphatic heterocycles. The van der Waals surface area contributed by atoms with Crippen molar-refractivity contribution in [1.29, 1.82) is 0 Å². The molecule has 1 N–H and O–H groups in total. The number of hydrogen-bond acceptors (Lipinski definition) is 5. The third-order valence-electron chi connectivity index (χ3n) is 2.13. The quantitative estimate of drug-likeness (QED) is 0.891. The summed E-state index contributed by atoms with van der Waals surface area (Å²) in [7, 11) is 0. The van der Waals surface area contributed by atoms with Gasteiger partial charge in [0.1, 0.15) is 0 Å². The normalized spacial score (nSPS) is 12.9. The molecule has 0 saturated carbocycles. The molecule has 0 aliphatic carbocycles. The number of thiazole rings is 2. The highest BCUT2D eigenvalue weighted by atomic mass is 32.1. The summed E-state index contributed by atoms with van der Waals surface area (Å²) in [5.41, 5.74) is 1.86. The van der Waals surface area contributed by atoms with Crippen LogP contribution in [0.3, 0.4) is 0 Å². The maximum absolute atomic E-state index is 4.25. The molecule has 2 aromatic rings. The zero-order valence-electron chi connectivity index (χ0n) is 8.73. The van der Waals surface area contributed by atoms with Gasteiger partial charge in [-0.15, -0.1) is 22.7 Å². The Kier molecular flexibility index (Phi) is 3.45. The Balaban J connectivity index is 1.90. The van der Waals surface area contributed by atoms with Gasteiger partial charge < -0.3 is 5.32 Å². The Morgan fingerprint density at radius 1 is 1.47 bits per heavy atom. The van der Waals surface area contributed by atoms with Gasteiger partial charge >= 0.3 is 0 Å². The van der Waals surface area contributed by atoms with Crippen molar-refractivity contribution in [2.45, 2.75) is 26.4 Å². The van der Waals surface area contributed by atoms with Crippen molar-refractivity contribution in [3.8, 4) is 0 Å². The van der Waals surface area contributed by atoms with Crippen LogP contribution in [0.5, 0.6) is 0 Å². The van der Waals surface area contributed by atoms with Gasteiger partial charge in [-0.25, -0.2) is 4.98 Å². The minimum Gasteiger partial charge on any atom is -0.304 e. The lowest BCUT2D eigenvalue weighted by Crippen LogP contribution is -2.16. The first-order valence-corrected chi connectivity index (χ1v) is 6.48. The molecule has 0 bridgehead atoms. The first-order valence-electron chi connectivity index (χ1n) is 4.79. The number of rotatable bonds is 4. The molecule has 1 atom stereocenters. The third kappa shape index (κ3) is 2.84. The van der Waals surface area contributed by atoms with Gasteiger partial charge in [0.15, 0.2) is 0 Å². The first kappa shape index (κ1) is 10.7. The van der Waals surface area contributed by atoms with Crippen molar-refractivity contribution in [3.63, 3.8) is 0 Å². The van der Waals surface area contributed by atoms with Crippen LogP contribution in [-0.4, -0.2) is 9.97 Å². The molecule has 2 rings (SSSR count). The molecule has 0 amide bonds. The lowest BCUT2D eigenvalue weighted by Gasteiger charge is -2.09. The number of aryl methyl sites for hydroxylation is 1. The smallest absolute Gasteiger partial charge is 0.0897 e. The Hall–Kier alpha value is -0.780. The van der Waals surface area contributed by atoms with Gasteiger partial charge in [-0.05, 0) is 13.8 Å². The highest BCUT2D eigenvalue weighted by Crippen LogP contribution is 2.20. The van der Waals surface area contributed by atoms with Gasteiger partial charge in [0, 0.05) is 34.7 Å². The van der Waals surface area contributed by atoms with E-state index in [9.17, 15) is 0 Å². The van der Waals surface area contributed by atoms with Crippen molar-refractivity contribution in [1.82, 2.24) is 15.3 Å². The Bertz CT molecular complexity index is 408. The largest absolute Gasteiger partial charge is 0.304 e. The SMILES string of the molecule is Cc1ncc(C(C)NCc2cncs2)s1. The summed E-state index contributed by atoms with van der Waals surface area (Å²) in [6.45, 7) is 5.07. The number of nitrogens with one attached hydrogen (secondary N) is 1. The first-order chi connectivity index (χ1) is 7.25. The molecular formula is C10H13N3S2. The lowest BCUT2D eigenvalue weighted by atomic mass is 10.3.